The minimum absolute atomic E-state index is 0.196. The van der Waals surface area contributed by atoms with Crippen molar-refractivity contribution in [2.24, 2.45) is 10.9 Å². The molecular formula is C18H31N3O4. The van der Waals surface area contributed by atoms with E-state index in [1.165, 1.54) is 7.11 Å². The van der Waals surface area contributed by atoms with Crippen molar-refractivity contribution in [3.05, 3.63) is 23.2 Å². The van der Waals surface area contributed by atoms with Crippen LogP contribution < -0.4 is 10.6 Å². The predicted molar refractivity (Wildman–Crippen MR) is 97.7 cm³/mol. The summed E-state index contributed by atoms with van der Waals surface area (Å²) in [5.41, 5.74) is 0.427. The van der Waals surface area contributed by atoms with Gasteiger partial charge in [0.1, 0.15) is 23.6 Å². The molecular weight excluding hydrogens is 322 g/mol. The van der Waals surface area contributed by atoms with E-state index in [0.717, 1.165) is 32.4 Å². The molecule has 0 radical (unpaired) electrons. The fraction of sp³-hybridized carbons (Fsp3) is 0.667. The number of hydrogen-bond acceptors (Lipinski definition) is 5. The number of furan rings is 1. The minimum atomic E-state index is -0.409. The van der Waals surface area contributed by atoms with E-state index >= 15 is 0 Å². The number of nitrogens with zero attached hydrogens (tertiary/aromatic N) is 1. The van der Waals surface area contributed by atoms with Gasteiger partial charge in [0.15, 0.2) is 5.96 Å². The van der Waals surface area contributed by atoms with Gasteiger partial charge in [0.2, 0.25) is 0 Å². The number of hydrogen-bond donors (Lipinski definition) is 3. The molecule has 0 aliphatic carbocycles. The lowest BCUT2D eigenvalue weighted by atomic mass is 10.0. The van der Waals surface area contributed by atoms with Crippen LogP contribution in [0.1, 0.15) is 55.0 Å². The zero-order valence-electron chi connectivity index (χ0n) is 15.7. The molecule has 0 bridgehead atoms. The van der Waals surface area contributed by atoms with Gasteiger partial charge in [-0.25, -0.2) is 9.79 Å². The number of ether oxygens (including phenoxy) is 1. The Balaban J connectivity index is 2.70. The van der Waals surface area contributed by atoms with Crippen molar-refractivity contribution < 1.29 is 19.1 Å². The molecule has 1 atom stereocenters. The molecule has 1 heterocycles. The molecule has 0 aromatic carbocycles. The number of aliphatic imine (C=N–C) groups is 1. The van der Waals surface area contributed by atoms with Gasteiger partial charge < -0.3 is 24.9 Å². The molecule has 1 unspecified atom stereocenters. The molecule has 0 amide bonds. The fourth-order valence-electron chi connectivity index (χ4n) is 2.61. The zero-order chi connectivity index (χ0) is 18.7. The summed E-state index contributed by atoms with van der Waals surface area (Å²) in [5.74, 6) is 1.83. The third kappa shape index (κ3) is 7.17. The van der Waals surface area contributed by atoms with E-state index in [2.05, 4.69) is 22.5 Å². The molecule has 1 rings (SSSR count). The van der Waals surface area contributed by atoms with E-state index in [1.807, 2.05) is 6.92 Å². The topological polar surface area (TPSA) is 96.1 Å². The van der Waals surface area contributed by atoms with Crippen LogP contribution in [0.5, 0.6) is 0 Å². The number of carbonyl (C=O) groups excluding carboxylic acids is 1. The van der Waals surface area contributed by atoms with Crippen LogP contribution in [-0.2, 0) is 11.3 Å². The van der Waals surface area contributed by atoms with Crippen LogP contribution >= 0.6 is 0 Å². The number of aliphatic hydroxyl groups is 1. The Morgan fingerprint density at radius 3 is 2.72 bits per heavy atom. The number of carbonyl (C=O) groups is 1. The highest BCUT2D eigenvalue weighted by Crippen LogP contribution is 2.16. The Bertz CT molecular complexity index is 549. The maximum atomic E-state index is 11.6. The molecule has 1 aromatic heterocycles. The van der Waals surface area contributed by atoms with Crippen LogP contribution in [0, 0.1) is 12.8 Å². The molecule has 0 spiro atoms. The lowest BCUT2D eigenvalue weighted by molar-refractivity contribution is 0.0599. The maximum absolute atomic E-state index is 11.6. The molecule has 0 aliphatic rings. The molecule has 1 aromatic rings. The van der Waals surface area contributed by atoms with Crippen molar-refractivity contribution in [3.8, 4) is 0 Å². The van der Waals surface area contributed by atoms with E-state index in [0.29, 0.717) is 35.5 Å². The summed E-state index contributed by atoms with van der Waals surface area (Å²) in [5, 5.41) is 15.7. The Kier molecular flexibility index (Phi) is 9.69. The molecule has 7 heteroatoms. The summed E-state index contributed by atoms with van der Waals surface area (Å²) in [6.45, 7) is 7.89. The zero-order valence-corrected chi connectivity index (χ0v) is 15.7. The van der Waals surface area contributed by atoms with Crippen molar-refractivity contribution in [2.45, 2.75) is 46.6 Å². The van der Waals surface area contributed by atoms with Crippen LogP contribution in [0.4, 0.5) is 0 Å². The Hall–Kier alpha value is -2.02. The summed E-state index contributed by atoms with van der Waals surface area (Å²) in [6, 6.07) is 1.67. The molecule has 0 fully saturated rings. The van der Waals surface area contributed by atoms with E-state index < -0.39 is 5.97 Å². The molecule has 0 saturated heterocycles. The summed E-state index contributed by atoms with van der Waals surface area (Å²) in [6.07, 6.45) is 2.93. The fourth-order valence-corrected chi connectivity index (χ4v) is 2.61. The van der Waals surface area contributed by atoms with Gasteiger partial charge in [-0.05, 0) is 38.7 Å². The van der Waals surface area contributed by atoms with Crippen LogP contribution in [0.25, 0.3) is 0 Å². The van der Waals surface area contributed by atoms with Crippen molar-refractivity contribution in [3.63, 3.8) is 0 Å². The first-order valence-corrected chi connectivity index (χ1v) is 8.86. The normalized spacial score (nSPS) is 12.8. The van der Waals surface area contributed by atoms with E-state index in [4.69, 9.17) is 14.3 Å². The molecule has 0 aliphatic heterocycles. The second-order valence-electron chi connectivity index (χ2n) is 5.92. The first-order chi connectivity index (χ1) is 12.0. The highest BCUT2D eigenvalue weighted by atomic mass is 16.5. The van der Waals surface area contributed by atoms with Gasteiger partial charge in [0, 0.05) is 19.7 Å². The SMILES string of the molecule is CCCC(CCO)CNC(=NCc1cc(C(=O)OC)c(C)o1)NCC. The largest absolute Gasteiger partial charge is 0.465 e. The second-order valence-corrected chi connectivity index (χ2v) is 5.92. The molecule has 142 valence electrons. The predicted octanol–water partition coefficient (Wildman–Crippen LogP) is 2.23. The number of guanidine groups is 1. The van der Waals surface area contributed by atoms with Gasteiger partial charge in [0.05, 0.1) is 7.11 Å². The standard InChI is InChI=1S/C18H31N3O4/c1-5-7-14(8-9-22)11-20-18(19-6-2)21-12-15-10-16(13(3)25-15)17(23)24-4/h10,14,22H,5-9,11-12H2,1-4H3,(H2,19,20,21). The Morgan fingerprint density at radius 2 is 2.12 bits per heavy atom. The van der Waals surface area contributed by atoms with Crippen molar-refractivity contribution in [2.75, 3.05) is 26.8 Å². The third-order valence-corrected chi connectivity index (χ3v) is 3.90. The smallest absolute Gasteiger partial charge is 0.341 e. The van der Waals surface area contributed by atoms with Crippen molar-refractivity contribution >= 4 is 11.9 Å². The van der Waals surface area contributed by atoms with Crippen LogP contribution in [0.2, 0.25) is 0 Å². The Labute approximate surface area is 149 Å². The first kappa shape index (κ1) is 21.0. The number of methoxy groups -OCH3 is 1. The van der Waals surface area contributed by atoms with Gasteiger partial charge in [-0.2, -0.15) is 0 Å². The maximum Gasteiger partial charge on any atom is 0.341 e. The number of rotatable bonds is 10. The quantitative estimate of drug-likeness (QED) is 0.339. The van der Waals surface area contributed by atoms with Crippen molar-refractivity contribution in [1.82, 2.24) is 10.6 Å². The molecule has 0 saturated carbocycles. The highest BCUT2D eigenvalue weighted by Gasteiger charge is 2.15. The highest BCUT2D eigenvalue weighted by molar-refractivity contribution is 5.90. The summed E-state index contributed by atoms with van der Waals surface area (Å²) in [4.78, 5) is 16.1. The van der Waals surface area contributed by atoms with Crippen LogP contribution in [0.15, 0.2) is 15.5 Å². The van der Waals surface area contributed by atoms with E-state index in [-0.39, 0.29) is 6.61 Å². The summed E-state index contributed by atoms with van der Waals surface area (Å²) in [7, 11) is 1.35. The third-order valence-electron chi connectivity index (χ3n) is 3.90. The summed E-state index contributed by atoms with van der Waals surface area (Å²) < 4.78 is 10.3. The van der Waals surface area contributed by atoms with Crippen LogP contribution in [-0.4, -0.2) is 43.8 Å². The molecule has 7 nitrogen and oxygen atoms in total. The number of aliphatic hydroxyl groups excluding tert-OH is 1. The molecule has 25 heavy (non-hydrogen) atoms. The second kappa shape index (κ2) is 11.5. The number of nitrogens with one attached hydrogen (secondary N) is 2. The van der Waals surface area contributed by atoms with Gasteiger partial charge >= 0.3 is 5.97 Å². The lowest BCUT2D eigenvalue weighted by Gasteiger charge is -2.18. The van der Waals surface area contributed by atoms with Gasteiger partial charge in [0.25, 0.3) is 0 Å². The average Bonchev–Trinajstić information content (AvgIpc) is 2.97. The number of esters is 1. The van der Waals surface area contributed by atoms with Crippen molar-refractivity contribution in [1.29, 1.82) is 0 Å². The van der Waals surface area contributed by atoms with E-state index in [9.17, 15) is 4.79 Å². The van der Waals surface area contributed by atoms with Gasteiger partial charge in [-0.3, -0.25) is 0 Å². The lowest BCUT2D eigenvalue weighted by Crippen LogP contribution is -2.40. The Morgan fingerprint density at radius 1 is 1.36 bits per heavy atom. The van der Waals surface area contributed by atoms with Crippen LogP contribution in [0.3, 0.4) is 0 Å². The summed E-state index contributed by atoms with van der Waals surface area (Å²) >= 11 is 0. The van der Waals surface area contributed by atoms with Gasteiger partial charge in [-0.15, -0.1) is 0 Å². The first-order valence-electron chi connectivity index (χ1n) is 8.86. The van der Waals surface area contributed by atoms with E-state index in [1.54, 1.807) is 13.0 Å². The minimum Gasteiger partial charge on any atom is -0.465 e. The van der Waals surface area contributed by atoms with Gasteiger partial charge in [-0.1, -0.05) is 13.3 Å². The molecule has 3 N–H and O–H groups in total. The monoisotopic (exact) mass is 353 g/mol. The number of aryl methyl sites for hydroxylation is 1. The average molecular weight is 353 g/mol.